The number of nitrogens with zero attached hydrogens (tertiary/aromatic N) is 2. The molecule has 0 unspecified atom stereocenters. The van der Waals surface area contributed by atoms with Gasteiger partial charge in [-0.3, -0.25) is 4.79 Å². The lowest BCUT2D eigenvalue weighted by atomic mass is 10.1. The lowest BCUT2D eigenvalue weighted by molar-refractivity contribution is 0.0695. The Morgan fingerprint density at radius 2 is 2.16 bits per heavy atom. The SMILES string of the molecule is CCn1cc(C(=O)O)c(=O)c2cc(F)c(N3C[C@@H](N)[C@@H](C)C3)c(Cl)c21. The molecule has 6 nitrogen and oxygen atoms in total. The average Bonchev–Trinajstić information content (AvgIpc) is 2.86. The summed E-state index contributed by atoms with van der Waals surface area (Å²) in [7, 11) is 0. The van der Waals surface area contributed by atoms with Gasteiger partial charge >= 0.3 is 5.97 Å². The molecule has 1 fully saturated rings. The van der Waals surface area contributed by atoms with E-state index >= 15 is 0 Å². The second kappa shape index (κ2) is 6.31. The van der Waals surface area contributed by atoms with Gasteiger partial charge in [0.2, 0.25) is 5.43 Å². The van der Waals surface area contributed by atoms with Gasteiger partial charge in [0.25, 0.3) is 0 Å². The van der Waals surface area contributed by atoms with Crippen LogP contribution in [0.1, 0.15) is 24.2 Å². The van der Waals surface area contributed by atoms with Crippen molar-refractivity contribution < 1.29 is 14.3 Å². The number of carboxylic acids is 1. The second-order valence-corrected chi connectivity index (χ2v) is 6.80. The van der Waals surface area contributed by atoms with Crippen LogP contribution in [-0.4, -0.2) is 34.8 Å². The zero-order valence-electron chi connectivity index (χ0n) is 13.9. The smallest absolute Gasteiger partial charge is 0.341 e. The predicted octanol–water partition coefficient (Wildman–Crippen LogP) is 2.30. The highest BCUT2D eigenvalue weighted by atomic mass is 35.5. The van der Waals surface area contributed by atoms with Gasteiger partial charge in [-0.1, -0.05) is 18.5 Å². The molecule has 0 amide bonds. The van der Waals surface area contributed by atoms with E-state index in [1.54, 1.807) is 16.4 Å². The van der Waals surface area contributed by atoms with E-state index in [1.807, 2.05) is 6.92 Å². The van der Waals surface area contributed by atoms with E-state index < -0.39 is 22.8 Å². The van der Waals surface area contributed by atoms with Gasteiger partial charge in [-0.25, -0.2) is 9.18 Å². The predicted molar refractivity (Wildman–Crippen MR) is 95.2 cm³/mol. The molecule has 2 atom stereocenters. The maximum atomic E-state index is 14.8. The van der Waals surface area contributed by atoms with Crippen molar-refractivity contribution >= 4 is 34.2 Å². The van der Waals surface area contributed by atoms with Crippen LogP contribution in [0.25, 0.3) is 10.9 Å². The number of benzene rings is 1. The first kappa shape index (κ1) is 17.7. The molecule has 2 aromatic rings. The van der Waals surface area contributed by atoms with E-state index in [4.69, 9.17) is 17.3 Å². The highest BCUT2D eigenvalue weighted by molar-refractivity contribution is 6.38. The van der Waals surface area contributed by atoms with E-state index in [1.165, 1.54) is 6.20 Å². The first-order chi connectivity index (χ1) is 11.8. The fourth-order valence-corrected chi connectivity index (χ4v) is 3.76. The zero-order valence-corrected chi connectivity index (χ0v) is 14.7. The van der Waals surface area contributed by atoms with Gasteiger partial charge < -0.3 is 20.3 Å². The third-order valence-corrected chi connectivity index (χ3v) is 5.15. The van der Waals surface area contributed by atoms with Crippen LogP contribution in [0.5, 0.6) is 0 Å². The number of hydrogen-bond acceptors (Lipinski definition) is 4. The Morgan fingerprint density at radius 1 is 1.48 bits per heavy atom. The Hall–Kier alpha value is -2.12. The van der Waals surface area contributed by atoms with Crippen molar-refractivity contribution in [2.75, 3.05) is 18.0 Å². The summed E-state index contributed by atoms with van der Waals surface area (Å²) in [6, 6.07) is 0.986. The third-order valence-electron chi connectivity index (χ3n) is 4.79. The number of fused-ring (bicyclic) bond motifs is 1. The minimum absolute atomic E-state index is 0.0375. The van der Waals surface area contributed by atoms with Crippen LogP contribution in [0, 0.1) is 11.7 Å². The maximum absolute atomic E-state index is 14.8. The molecular weight excluding hydrogens is 349 g/mol. The lowest BCUT2D eigenvalue weighted by Gasteiger charge is -2.23. The molecule has 0 spiro atoms. The van der Waals surface area contributed by atoms with E-state index in [2.05, 4.69) is 0 Å². The van der Waals surface area contributed by atoms with Crippen molar-refractivity contribution in [2.45, 2.75) is 26.4 Å². The van der Waals surface area contributed by atoms with Crippen molar-refractivity contribution in [3.05, 3.63) is 38.9 Å². The molecule has 1 aliphatic rings. The second-order valence-electron chi connectivity index (χ2n) is 6.43. The Balaban J connectivity index is 2.32. The van der Waals surface area contributed by atoms with Crippen molar-refractivity contribution in [1.29, 1.82) is 0 Å². The van der Waals surface area contributed by atoms with Crippen molar-refractivity contribution in [1.82, 2.24) is 4.57 Å². The van der Waals surface area contributed by atoms with E-state index in [9.17, 15) is 19.1 Å². The minimum atomic E-state index is -1.35. The Kier molecular flexibility index (Phi) is 4.47. The van der Waals surface area contributed by atoms with Crippen molar-refractivity contribution in [3.63, 3.8) is 0 Å². The van der Waals surface area contributed by atoms with Gasteiger partial charge in [0.1, 0.15) is 11.4 Å². The lowest BCUT2D eigenvalue weighted by Crippen LogP contribution is -2.29. The van der Waals surface area contributed by atoms with Crippen molar-refractivity contribution in [2.24, 2.45) is 11.7 Å². The molecule has 0 radical (unpaired) electrons. The fraction of sp³-hybridized carbons (Fsp3) is 0.412. The number of nitrogens with two attached hydrogens (primary N) is 1. The van der Waals surface area contributed by atoms with Gasteiger partial charge in [-0.15, -0.1) is 0 Å². The summed E-state index contributed by atoms with van der Waals surface area (Å²) in [6.45, 7) is 5.19. The molecule has 2 heterocycles. The Labute approximate surface area is 148 Å². The summed E-state index contributed by atoms with van der Waals surface area (Å²) in [5, 5.41) is 9.27. The maximum Gasteiger partial charge on any atom is 0.341 e. The molecule has 3 N–H and O–H groups in total. The number of aryl methyl sites for hydroxylation is 1. The number of pyridine rings is 1. The van der Waals surface area contributed by atoms with Crippen LogP contribution in [0.4, 0.5) is 10.1 Å². The number of hydrogen-bond donors (Lipinski definition) is 2. The highest BCUT2D eigenvalue weighted by Gasteiger charge is 2.31. The van der Waals surface area contributed by atoms with Crippen molar-refractivity contribution in [3.8, 4) is 0 Å². The van der Waals surface area contributed by atoms with Gasteiger partial charge in [-0.2, -0.15) is 0 Å². The molecule has 25 heavy (non-hydrogen) atoms. The number of aromatic carboxylic acids is 1. The molecular formula is C17H19ClFN3O3. The standard InChI is InChI=1S/C17H19ClFN3O3/c1-3-21-6-10(17(24)25)16(23)9-4-11(19)15(13(18)14(9)21)22-5-8(2)12(20)7-22/h4,6,8,12H,3,5,7,20H2,1-2H3,(H,24,25)/t8-,12+/m0/s1. The fourth-order valence-electron chi connectivity index (χ4n) is 3.34. The summed E-state index contributed by atoms with van der Waals surface area (Å²) >= 11 is 6.48. The van der Waals surface area contributed by atoms with Crippen LogP contribution < -0.4 is 16.1 Å². The molecule has 1 aromatic heterocycles. The molecule has 1 aromatic carbocycles. The summed E-state index contributed by atoms with van der Waals surface area (Å²) in [6.07, 6.45) is 1.25. The number of halogens is 2. The van der Waals surface area contributed by atoms with Crippen LogP contribution in [0.15, 0.2) is 17.1 Å². The number of carboxylic acid groups (broad SMARTS) is 1. The van der Waals surface area contributed by atoms with Gasteiger partial charge in [0.15, 0.2) is 0 Å². The Morgan fingerprint density at radius 3 is 2.68 bits per heavy atom. The van der Waals surface area contributed by atoms with Gasteiger partial charge in [0.05, 0.1) is 21.6 Å². The quantitative estimate of drug-likeness (QED) is 0.869. The average molecular weight is 368 g/mol. The minimum Gasteiger partial charge on any atom is -0.477 e. The topological polar surface area (TPSA) is 88.6 Å². The number of rotatable bonds is 3. The first-order valence-electron chi connectivity index (χ1n) is 8.05. The largest absolute Gasteiger partial charge is 0.477 e. The van der Waals surface area contributed by atoms with Crippen LogP contribution in [-0.2, 0) is 6.54 Å². The summed E-state index contributed by atoms with van der Waals surface area (Å²) in [5.41, 5.74) is 5.42. The van der Waals surface area contributed by atoms with Crippen LogP contribution in [0.3, 0.4) is 0 Å². The molecule has 0 bridgehead atoms. The van der Waals surface area contributed by atoms with E-state index in [0.29, 0.717) is 25.2 Å². The number of anilines is 1. The molecule has 134 valence electrons. The monoisotopic (exact) mass is 367 g/mol. The van der Waals surface area contributed by atoms with Gasteiger partial charge in [0, 0.05) is 31.9 Å². The molecule has 0 aliphatic carbocycles. The summed E-state index contributed by atoms with van der Waals surface area (Å²) in [4.78, 5) is 25.5. The molecule has 1 saturated heterocycles. The zero-order chi connectivity index (χ0) is 18.5. The first-order valence-corrected chi connectivity index (χ1v) is 8.43. The summed E-state index contributed by atoms with van der Waals surface area (Å²) < 4.78 is 16.3. The molecule has 3 rings (SSSR count). The normalized spacial score (nSPS) is 20.4. The van der Waals surface area contributed by atoms with Crippen LogP contribution in [0.2, 0.25) is 5.02 Å². The number of aromatic nitrogens is 1. The number of carbonyl (C=O) groups is 1. The molecule has 1 aliphatic heterocycles. The third kappa shape index (κ3) is 2.77. The van der Waals surface area contributed by atoms with E-state index in [-0.39, 0.29) is 28.1 Å². The molecule has 0 saturated carbocycles. The highest BCUT2D eigenvalue weighted by Crippen LogP contribution is 2.37. The van der Waals surface area contributed by atoms with E-state index in [0.717, 1.165) is 6.07 Å². The summed E-state index contributed by atoms with van der Waals surface area (Å²) in [5.74, 6) is -1.82. The van der Waals surface area contributed by atoms with Gasteiger partial charge in [-0.05, 0) is 18.9 Å². The Bertz CT molecular complexity index is 918. The molecule has 8 heteroatoms. The van der Waals surface area contributed by atoms with Crippen LogP contribution >= 0.6 is 11.6 Å².